The molecule has 0 atom stereocenters. The predicted octanol–water partition coefficient (Wildman–Crippen LogP) is 3.41. The van der Waals surface area contributed by atoms with E-state index in [4.69, 9.17) is 0 Å². The third kappa shape index (κ3) is 4.52. The summed E-state index contributed by atoms with van der Waals surface area (Å²) < 4.78 is 0. The summed E-state index contributed by atoms with van der Waals surface area (Å²) in [4.78, 5) is 11.5. The molecular formula is C16H19NOS. The number of thiophene rings is 1. The van der Waals surface area contributed by atoms with E-state index in [1.165, 1.54) is 21.6 Å². The molecule has 1 aromatic rings. The lowest BCUT2D eigenvalue weighted by molar-refractivity contribution is -0.109. The molecule has 1 aromatic heterocycles. The van der Waals surface area contributed by atoms with Gasteiger partial charge in [0.05, 0.1) is 0 Å². The second kappa shape index (κ2) is 7.10. The van der Waals surface area contributed by atoms with Crippen molar-refractivity contribution in [2.45, 2.75) is 26.2 Å². The van der Waals surface area contributed by atoms with Gasteiger partial charge in [-0.25, -0.2) is 0 Å². The first-order valence-electron chi connectivity index (χ1n) is 6.54. The maximum Gasteiger partial charge on any atom is 0.207 e. The van der Waals surface area contributed by atoms with Gasteiger partial charge in [-0.2, -0.15) is 0 Å². The standard InChI is InChI=1S/C16H19NOS/c1-13-3-2-4-14(6-5-13)9-15-10-16(19-11-15)7-8-17-12-18/h2-5,10-12H,6-9H2,1H3,(H,17,18). The fourth-order valence-corrected chi connectivity index (χ4v) is 2.96. The lowest BCUT2D eigenvalue weighted by Crippen LogP contribution is -2.13. The Morgan fingerprint density at radius 2 is 2.37 bits per heavy atom. The molecule has 2 rings (SSSR count). The van der Waals surface area contributed by atoms with Gasteiger partial charge in [0.1, 0.15) is 0 Å². The molecule has 1 heterocycles. The Kier molecular flexibility index (Phi) is 5.16. The van der Waals surface area contributed by atoms with Crippen LogP contribution in [0.5, 0.6) is 0 Å². The molecule has 0 spiro atoms. The van der Waals surface area contributed by atoms with Crippen molar-refractivity contribution in [3.8, 4) is 0 Å². The van der Waals surface area contributed by atoms with Crippen molar-refractivity contribution in [2.75, 3.05) is 6.54 Å². The molecule has 0 bridgehead atoms. The molecule has 0 radical (unpaired) electrons. The average Bonchev–Trinajstić information content (AvgIpc) is 2.73. The molecule has 0 aliphatic heterocycles. The highest BCUT2D eigenvalue weighted by atomic mass is 32.1. The van der Waals surface area contributed by atoms with Crippen molar-refractivity contribution in [2.24, 2.45) is 0 Å². The summed E-state index contributed by atoms with van der Waals surface area (Å²) in [6.07, 6.45) is 12.5. The highest BCUT2D eigenvalue weighted by Crippen LogP contribution is 2.21. The molecular weight excluding hydrogens is 254 g/mol. The molecule has 1 aliphatic rings. The van der Waals surface area contributed by atoms with Gasteiger partial charge in [0, 0.05) is 11.4 Å². The third-order valence-corrected chi connectivity index (χ3v) is 4.16. The summed E-state index contributed by atoms with van der Waals surface area (Å²) >= 11 is 1.78. The molecule has 0 unspecified atom stereocenters. The monoisotopic (exact) mass is 273 g/mol. The Balaban J connectivity index is 1.91. The van der Waals surface area contributed by atoms with Gasteiger partial charge in [0.25, 0.3) is 0 Å². The van der Waals surface area contributed by atoms with Crippen LogP contribution in [0.15, 0.2) is 46.9 Å². The zero-order chi connectivity index (χ0) is 13.5. The second-order valence-electron chi connectivity index (χ2n) is 4.76. The summed E-state index contributed by atoms with van der Waals surface area (Å²) in [7, 11) is 0. The van der Waals surface area contributed by atoms with Crippen LogP contribution in [0.1, 0.15) is 23.8 Å². The first kappa shape index (κ1) is 13.8. The molecule has 19 heavy (non-hydrogen) atoms. The van der Waals surface area contributed by atoms with Crippen LogP contribution >= 0.6 is 11.3 Å². The first-order valence-corrected chi connectivity index (χ1v) is 7.42. The van der Waals surface area contributed by atoms with E-state index in [2.05, 4.69) is 48.0 Å². The van der Waals surface area contributed by atoms with E-state index in [9.17, 15) is 4.79 Å². The summed E-state index contributed by atoms with van der Waals surface area (Å²) in [5.41, 5.74) is 4.15. The molecule has 100 valence electrons. The van der Waals surface area contributed by atoms with E-state index in [1.54, 1.807) is 11.3 Å². The van der Waals surface area contributed by atoms with Crippen LogP contribution in [-0.2, 0) is 17.6 Å². The smallest absolute Gasteiger partial charge is 0.207 e. The number of rotatable bonds is 6. The molecule has 0 saturated carbocycles. The fraction of sp³-hybridized carbons (Fsp3) is 0.312. The number of nitrogens with one attached hydrogen (secondary N) is 1. The minimum absolute atomic E-state index is 0.719. The van der Waals surface area contributed by atoms with Gasteiger partial charge >= 0.3 is 0 Å². The third-order valence-electron chi connectivity index (χ3n) is 3.12. The van der Waals surface area contributed by atoms with Gasteiger partial charge in [-0.1, -0.05) is 35.5 Å². The zero-order valence-electron chi connectivity index (χ0n) is 11.2. The quantitative estimate of drug-likeness (QED) is 0.624. The number of hydrogen-bond donors (Lipinski definition) is 1. The van der Waals surface area contributed by atoms with Gasteiger partial charge in [-0.15, -0.1) is 11.3 Å². The van der Waals surface area contributed by atoms with E-state index in [-0.39, 0.29) is 0 Å². The van der Waals surface area contributed by atoms with Gasteiger partial charge in [-0.05, 0) is 43.2 Å². The maximum absolute atomic E-state index is 10.2. The van der Waals surface area contributed by atoms with Crippen molar-refractivity contribution >= 4 is 17.7 Å². The second-order valence-corrected chi connectivity index (χ2v) is 5.75. The van der Waals surface area contributed by atoms with Gasteiger partial charge in [0.2, 0.25) is 6.41 Å². The van der Waals surface area contributed by atoms with Crippen molar-refractivity contribution in [3.05, 3.63) is 57.3 Å². The fourth-order valence-electron chi connectivity index (χ4n) is 2.06. The largest absolute Gasteiger partial charge is 0.358 e. The average molecular weight is 273 g/mol. The van der Waals surface area contributed by atoms with Crippen LogP contribution < -0.4 is 5.32 Å². The number of amides is 1. The van der Waals surface area contributed by atoms with Crippen molar-refractivity contribution < 1.29 is 4.79 Å². The Hall–Kier alpha value is -1.61. The Morgan fingerprint density at radius 1 is 1.47 bits per heavy atom. The molecule has 1 amide bonds. The Bertz CT molecular complexity index is 520. The van der Waals surface area contributed by atoms with Crippen molar-refractivity contribution in [1.82, 2.24) is 5.32 Å². The van der Waals surface area contributed by atoms with Crippen LogP contribution in [0.4, 0.5) is 0 Å². The van der Waals surface area contributed by atoms with Crippen molar-refractivity contribution in [1.29, 1.82) is 0 Å². The van der Waals surface area contributed by atoms with Gasteiger partial charge in [0.15, 0.2) is 0 Å². The van der Waals surface area contributed by atoms with E-state index in [0.717, 1.165) is 32.2 Å². The van der Waals surface area contributed by atoms with E-state index in [0.29, 0.717) is 0 Å². The van der Waals surface area contributed by atoms with Crippen LogP contribution in [0.3, 0.4) is 0 Å². The van der Waals surface area contributed by atoms with Crippen molar-refractivity contribution in [3.63, 3.8) is 0 Å². The summed E-state index contributed by atoms with van der Waals surface area (Å²) in [5.74, 6) is 0. The highest BCUT2D eigenvalue weighted by molar-refractivity contribution is 7.10. The SMILES string of the molecule is CC1=CCC(Cc2csc(CCNC=O)c2)=CC=C1. The predicted molar refractivity (Wildman–Crippen MR) is 81.4 cm³/mol. The first-order chi connectivity index (χ1) is 9.28. The van der Waals surface area contributed by atoms with E-state index >= 15 is 0 Å². The normalized spacial score (nSPS) is 14.6. The van der Waals surface area contributed by atoms with E-state index in [1.807, 2.05) is 0 Å². The number of carbonyl (C=O) groups excluding carboxylic acids is 1. The molecule has 0 saturated heterocycles. The minimum atomic E-state index is 0.719. The highest BCUT2D eigenvalue weighted by Gasteiger charge is 2.04. The molecule has 1 N–H and O–H groups in total. The lowest BCUT2D eigenvalue weighted by atomic mass is 10.0. The number of hydrogen-bond acceptors (Lipinski definition) is 2. The van der Waals surface area contributed by atoms with Crippen LogP contribution in [0, 0.1) is 0 Å². The van der Waals surface area contributed by atoms with Gasteiger partial charge in [-0.3, -0.25) is 4.79 Å². The molecule has 0 aromatic carbocycles. The number of carbonyl (C=O) groups is 1. The summed E-state index contributed by atoms with van der Waals surface area (Å²) in [6, 6.07) is 2.25. The van der Waals surface area contributed by atoms with Crippen LogP contribution in [-0.4, -0.2) is 13.0 Å². The molecule has 2 nitrogen and oxygen atoms in total. The summed E-state index contributed by atoms with van der Waals surface area (Å²) in [5, 5.41) is 4.92. The Labute approximate surface area is 118 Å². The minimum Gasteiger partial charge on any atom is -0.358 e. The summed E-state index contributed by atoms with van der Waals surface area (Å²) in [6.45, 7) is 2.85. The van der Waals surface area contributed by atoms with Crippen LogP contribution in [0.25, 0.3) is 0 Å². The van der Waals surface area contributed by atoms with Gasteiger partial charge < -0.3 is 5.32 Å². The molecule has 1 aliphatic carbocycles. The molecule has 0 fully saturated rings. The number of allylic oxidation sites excluding steroid dienone is 6. The maximum atomic E-state index is 10.2. The topological polar surface area (TPSA) is 29.1 Å². The Morgan fingerprint density at radius 3 is 3.21 bits per heavy atom. The zero-order valence-corrected chi connectivity index (χ0v) is 12.0. The lowest BCUT2D eigenvalue weighted by Gasteiger charge is -2.01. The van der Waals surface area contributed by atoms with Crippen LogP contribution in [0.2, 0.25) is 0 Å². The molecule has 3 heteroatoms. The van der Waals surface area contributed by atoms with E-state index < -0.39 is 0 Å².